The van der Waals surface area contributed by atoms with Gasteiger partial charge < -0.3 is 5.32 Å². The molecule has 16 heavy (non-hydrogen) atoms. The molecule has 0 aliphatic heterocycles. The van der Waals surface area contributed by atoms with E-state index in [-0.39, 0.29) is 11.9 Å². The number of carbonyl (C=O) groups excluding carboxylic acids is 1. The van der Waals surface area contributed by atoms with Crippen molar-refractivity contribution >= 4 is 17.5 Å². The van der Waals surface area contributed by atoms with Gasteiger partial charge in [0.1, 0.15) is 5.15 Å². The summed E-state index contributed by atoms with van der Waals surface area (Å²) in [6.07, 6.45) is 2.03. The number of rotatable bonds is 4. The summed E-state index contributed by atoms with van der Waals surface area (Å²) in [5.41, 5.74) is 1.32. The van der Waals surface area contributed by atoms with Crippen molar-refractivity contribution < 1.29 is 4.79 Å². The molecule has 1 aromatic heterocycles. The van der Waals surface area contributed by atoms with Crippen LogP contribution in [0.1, 0.15) is 42.7 Å². The first-order chi connectivity index (χ1) is 7.52. The molecule has 0 bridgehead atoms. The van der Waals surface area contributed by atoms with Gasteiger partial charge in [0, 0.05) is 17.3 Å². The summed E-state index contributed by atoms with van der Waals surface area (Å²) in [6.45, 7) is 5.91. The van der Waals surface area contributed by atoms with Crippen LogP contribution in [0.15, 0.2) is 12.1 Å². The molecule has 0 unspecified atom stereocenters. The molecular formula is C12H17ClN2O. The molecule has 0 spiro atoms. The lowest BCUT2D eigenvalue weighted by Gasteiger charge is -2.12. The molecule has 1 aromatic rings. The van der Waals surface area contributed by atoms with Gasteiger partial charge in [0.05, 0.1) is 0 Å². The SMILES string of the molecule is CCC[C@@H](C)NC(=O)c1cc(C)nc(Cl)c1. The third-order valence-corrected chi connectivity index (χ3v) is 2.48. The minimum atomic E-state index is -0.0895. The average molecular weight is 241 g/mol. The van der Waals surface area contributed by atoms with E-state index in [0.29, 0.717) is 10.7 Å². The van der Waals surface area contributed by atoms with Crippen molar-refractivity contribution in [1.82, 2.24) is 10.3 Å². The van der Waals surface area contributed by atoms with Gasteiger partial charge in [-0.05, 0) is 32.4 Å². The van der Waals surface area contributed by atoms with Crippen LogP contribution in [0.25, 0.3) is 0 Å². The molecule has 0 aliphatic rings. The van der Waals surface area contributed by atoms with Crippen molar-refractivity contribution in [3.8, 4) is 0 Å². The van der Waals surface area contributed by atoms with E-state index >= 15 is 0 Å². The minimum Gasteiger partial charge on any atom is -0.350 e. The monoisotopic (exact) mass is 240 g/mol. The first-order valence-corrected chi connectivity index (χ1v) is 5.85. The molecule has 3 nitrogen and oxygen atoms in total. The van der Waals surface area contributed by atoms with Crippen LogP contribution in [0.5, 0.6) is 0 Å². The quantitative estimate of drug-likeness (QED) is 0.823. The number of hydrogen-bond acceptors (Lipinski definition) is 2. The lowest BCUT2D eigenvalue weighted by Crippen LogP contribution is -2.32. The first kappa shape index (κ1) is 13.0. The molecule has 1 amide bonds. The molecule has 4 heteroatoms. The van der Waals surface area contributed by atoms with Crippen LogP contribution >= 0.6 is 11.6 Å². The topological polar surface area (TPSA) is 42.0 Å². The highest BCUT2D eigenvalue weighted by Crippen LogP contribution is 2.10. The Morgan fingerprint density at radius 3 is 2.81 bits per heavy atom. The van der Waals surface area contributed by atoms with Crippen molar-refractivity contribution in [2.75, 3.05) is 0 Å². The van der Waals surface area contributed by atoms with Crippen LogP contribution in [0.2, 0.25) is 5.15 Å². The molecule has 1 heterocycles. The van der Waals surface area contributed by atoms with Gasteiger partial charge in [0.15, 0.2) is 0 Å². The Kier molecular flexibility index (Phi) is 4.74. The minimum absolute atomic E-state index is 0.0895. The Labute approximate surface area is 101 Å². The van der Waals surface area contributed by atoms with Gasteiger partial charge in [-0.15, -0.1) is 0 Å². The van der Waals surface area contributed by atoms with E-state index in [1.165, 1.54) is 0 Å². The van der Waals surface area contributed by atoms with Crippen molar-refractivity contribution in [2.24, 2.45) is 0 Å². The van der Waals surface area contributed by atoms with Crippen LogP contribution < -0.4 is 5.32 Å². The number of aromatic nitrogens is 1. The molecule has 0 aromatic carbocycles. The van der Waals surface area contributed by atoms with Crippen LogP contribution in [-0.2, 0) is 0 Å². The Morgan fingerprint density at radius 2 is 2.25 bits per heavy atom. The Hall–Kier alpha value is -1.09. The second kappa shape index (κ2) is 5.85. The van der Waals surface area contributed by atoms with Crippen LogP contribution in [0.4, 0.5) is 0 Å². The molecule has 88 valence electrons. The van der Waals surface area contributed by atoms with Gasteiger partial charge >= 0.3 is 0 Å². The second-order valence-corrected chi connectivity index (χ2v) is 4.37. The van der Waals surface area contributed by atoms with Gasteiger partial charge in [-0.1, -0.05) is 24.9 Å². The standard InChI is InChI=1S/C12H17ClN2O/c1-4-5-8(2)15-12(16)10-6-9(3)14-11(13)7-10/h6-8H,4-5H2,1-3H3,(H,15,16)/t8-/m1/s1. The van der Waals surface area contributed by atoms with Gasteiger partial charge in [-0.3, -0.25) is 4.79 Å². The smallest absolute Gasteiger partial charge is 0.251 e. The van der Waals surface area contributed by atoms with Crippen molar-refractivity contribution in [3.63, 3.8) is 0 Å². The van der Waals surface area contributed by atoms with Gasteiger partial charge in [0.25, 0.3) is 5.91 Å². The molecule has 0 saturated carbocycles. The third-order valence-electron chi connectivity index (χ3n) is 2.28. The van der Waals surface area contributed by atoms with E-state index in [2.05, 4.69) is 17.2 Å². The second-order valence-electron chi connectivity index (χ2n) is 3.98. The summed E-state index contributed by atoms with van der Waals surface area (Å²) in [5.74, 6) is -0.0895. The Bertz CT molecular complexity index is 359. The maximum absolute atomic E-state index is 11.8. The fraction of sp³-hybridized carbons (Fsp3) is 0.500. The first-order valence-electron chi connectivity index (χ1n) is 5.48. The number of carbonyl (C=O) groups is 1. The summed E-state index contributed by atoms with van der Waals surface area (Å²) >= 11 is 5.80. The third kappa shape index (κ3) is 3.81. The molecule has 0 fully saturated rings. The molecule has 1 rings (SSSR count). The van der Waals surface area contributed by atoms with Crippen molar-refractivity contribution in [2.45, 2.75) is 39.7 Å². The van der Waals surface area contributed by atoms with E-state index in [9.17, 15) is 4.79 Å². The number of halogens is 1. The van der Waals surface area contributed by atoms with E-state index in [1.807, 2.05) is 13.8 Å². The summed E-state index contributed by atoms with van der Waals surface area (Å²) in [5, 5.41) is 3.28. The highest BCUT2D eigenvalue weighted by molar-refractivity contribution is 6.29. The summed E-state index contributed by atoms with van der Waals surface area (Å²) < 4.78 is 0. The van der Waals surface area contributed by atoms with Crippen LogP contribution in [0.3, 0.4) is 0 Å². The Morgan fingerprint density at radius 1 is 1.56 bits per heavy atom. The lowest BCUT2D eigenvalue weighted by atomic mass is 10.1. The molecule has 0 saturated heterocycles. The van der Waals surface area contributed by atoms with E-state index in [0.717, 1.165) is 18.5 Å². The van der Waals surface area contributed by atoms with E-state index in [4.69, 9.17) is 11.6 Å². The van der Waals surface area contributed by atoms with Gasteiger partial charge in [0.2, 0.25) is 0 Å². The molecule has 0 aliphatic carbocycles. The zero-order valence-corrected chi connectivity index (χ0v) is 10.6. The zero-order valence-electron chi connectivity index (χ0n) is 9.88. The average Bonchev–Trinajstić information content (AvgIpc) is 2.16. The number of pyridine rings is 1. The number of amides is 1. The summed E-state index contributed by atoms with van der Waals surface area (Å²) in [6, 6.07) is 3.51. The van der Waals surface area contributed by atoms with Crippen LogP contribution in [0, 0.1) is 6.92 Å². The largest absolute Gasteiger partial charge is 0.350 e. The van der Waals surface area contributed by atoms with E-state index < -0.39 is 0 Å². The highest BCUT2D eigenvalue weighted by Gasteiger charge is 2.10. The maximum Gasteiger partial charge on any atom is 0.251 e. The number of aryl methyl sites for hydroxylation is 1. The predicted molar refractivity (Wildman–Crippen MR) is 65.8 cm³/mol. The number of hydrogen-bond donors (Lipinski definition) is 1. The number of nitrogens with zero attached hydrogens (tertiary/aromatic N) is 1. The number of nitrogens with one attached hydrogen (secondary N) is 1. The van der Waals surface area contributed by atoms with Gasteiger partial charge in [-0.2, -0.15) is 0 Å². The predicted octanol–water partition coefficient (Wildman–Crippen LogP) is 2.96. The Balaban J connectivity index is 2.72. The molecule has 0 radical (unpaired) electrons. The lowest BCUT2D eigenvalue weighted by molar-refractivity contribution is 0.0938. The summed E-state index contributed by atoms with van der Waals surface area (Å²) in [4.78, 5) is 15.9. The maximum atomic E-state index is 11.8. The van der Waals surface area contributed by atoms with Crippen molar-refractivity contribution in [1.29, 1.82) is 0 Å². The van der Waals surface area contributed by atoms with Crippen LogP contribution in [-0.4, -0.2) is 16.9 Å². The molecule has 1 N–H and O–H groups in total. The van der Waals surface area contributed by atoms with E-state index in [1.54, 1.807) is 12.1 Å². The molecular weight excluding hydrogens is 224 g/mol. The van der Waals surface area contributed by atoms with Crippen molar-refractivity contribution in [3.05, 3.63) is 28.5 Å². The fourth-order valence-electron chi connectivity index (χ4n) is 1.57. The fourth-order valence-corrected chi connectivity index (χ4v) is 1.82. The molecule has 1 atom stereocenters. The zero-order chi connectivity index (χ0) is 12.1. The van der Waals surface area contributed by atoms with Gasteiger partial charge in [-0.25, -0.2) is 4.98 Å². The normalized spacial score (nSPS) is 12.2. The highest BCUT2D eigenvalue weighted by atomic mass is 35.5. The summed E-state index contributed by atoms with van der Waals surface area (Å²) in [7, 11) is 0.